The molecule has 0 aliphatic carbocycles. The largest absolute Gasteiger partial charge is 0.475 e. The van der Waals surface area contributed by atoms with Crippen molar-refractivity contribution in [2.75, 3.05) is 26.8 Å². The van der Waals surface area contributed by atoms with Crippen molar-refractivity contribution in [1.82, 2.24) is 9.62 Å². The van der Waals surface area contributed by atoms with Gasteiger partial charge in [0.15, 0.2) is 0 Å². The van der Waals surface area contributed by atoms with E-state index in [-0.39, 0.29) is 31.0 Å². The molecule has 1 aromatic rings. The number of rotatable bonds is 7. The van der Waals surface area contributed by atoms with Crippen LogP contribution in [0.1, 0.15) is 30.3 Å². The third-order valence-corrected chi connectivity index (χ3v) is 5.79. The van der Waals surface area contributed by atoms with Crippen molar-refractivity contribution in [2.45, 2.75) is 30.9 Å². The van der Waals surface area contributed by atoms with E-state index in [0.717, 1.165) is 12.1 Å². The molecule has 1 saturated heterocycles. The molecule has 10 heteroatoms. The van der Waals surface area contributed by atoms with E-state index < -0.39 is 26.8 Å². The van der Waals surface area contributed by atoms with Crippen LogP contribution in [0.2, 0.25) is 0 Å². The van der Waals surface area contributed by atoms with Crippen LogP contribution in [0.15, 0.2) is 21.6 Å². The predicted octanol–water partition coefficient (Wildman–Crippen LogP) is 0.530. The summed E-state index contributed by atoms with van der Waals surface area (Å²) in [5, 5.41) is 11.3. The van der Waals surface area contributed by atoms with Crippen LogP contribution in [0, 0.1) is 5.92 Å². The Balaban J connectivity index is 1.96. The highest BCUT2D eigenvalue weighted by Crippen LogP contribution is 2.25. The number of nitrogens with one attached hydrogen (secondary N) is 1. The Morgan fingerprint density at radius 2 is 2.04 bits per heavy atom. The second kappa shape index (κ2) is 7.98. The Hall–Kier alpha value is -1.91. The van der Waals surface area contributed by atoms with E-state index in [1.807, 2.05) is 6.92 Å². The van der Waals surface area contributed by atoms with Crippen LogP contribution in [0.5, 0.6) is 0 Å². The SMILES string of the molecule is COC[C@@H](C)NC(=O)C1CCN(S(=O)(=O)c2ccc(C(=O)O)o2)CC1. The third-order valence-electron chi connectivity index (χ3n) is 4.02. The lowest BCUT2D eigenvalue weighted by Crippen LogP contribution is -2.45. The van der Waals surface area contributed by atoms with Gasteiger partial charge in [0.25, 0.3) is 10.0 Å². The Morgan fingerprint density at radius 3 is 2.56 bits per heavy atom. The number of methoxy groups -OCH3 is 1. The molecule has 0 saturated carbocycles. The maximum Gasteiger partial charge on any atom is 0.371 e. The van der Waals surface area contributed by atoms with Gasteiger partial charge < -0.3 is 19.6 Å². The number of carboxylic acids is 1. The number of carboxylic acid groups (broad SMARTS) is 1. The molecule has 2 heterocycles. The lowest BCUT2D eigenvalue weighted by molar-refractivity contribution is -0.127. The number of ether oxygens (including phenoxy) is 1. The first-order valence-corrected chi connectivity index (χ1v) is 9.32. The maximum absolute atomic E-state index is 12.5. The second-order valence-electron chi connectivity index (χ2n) is 5.97. The van der Waals surface area contributed by atoms with E-state index >= 15 is 0 Å². The molecular formula is C15H22N2O7S. The smallest absolute Gasteiger partial charge is 0.371 e. The van der Waals surface area contributed by atoms with E-state index in [0.29, 0.717) is 19.4 Å². The van der Waals surface area contributed by atoms with Gasteiger partial charge in [-0.25, -0.2) is 13.2 Å². The van der Waals surface area contributed by atoms with Crippen molar-refractivity contribution >= 4 is 21.9 Å². The number of piperidine rings is 1. The number of hydrogen-bond acceptors (Lipinski definition) is 6. The number of furan rings is 1. The molecule has 0 bridgehead atoms. The fourth-order valence-corrected chi connectivity index (χ4v) is 4.09. The van der Waals surface area contributed by atoms with Gasteiger partial charge in [0, 0.05) is 32.2 Å². The van der Waals surface area contributed by atoms with Crippen LogP contribution < -0.4 is 5.32 Å². The number of aromatic carboxylic acids is 1. The zero-order valence-corrected chi connectivity index (χ0v) is 14.9. The zero-order valence-electron chi connectivity index (χ0n) is 14.1. The van der Waals surface area contributed by atoms with Gasteiger partial charge >= 0.3 is 5.97 Å². The molecule has 9 nitrogen and oxygen atoms in total. The molecule has 0 radical (unpaired) electrons. The highest BCUT2D eigenvalue weighted by Gasteiger charge is 2.34. The first kappa shape index (κ1) is 19.4. The van der Waals surface area contributed by atoms with Gasteiger partial charge in [0.1, 0.15) is 0 Å². The summed E-state index contributed by atoms with van der Waals surface area (Å²) >= 11 is 0. The van der Waals surface area contributed by atoms with Crippen LogP contribution in [-0.4, -0.2) is 62.6 Å². The van der Waals surface area contributed by atoms with Crippen molar-refractivity contribution < 1.29 is 32.3 Å². The minimum atomic E-state index is -3.90. The van der Waals surface area contributed by atoms with Crippen molar-refractivity contribution in [3.8, 4) is 0 Å². The van der Waals surface area contributed by atoms with Crippen molar-refractivity contribution in [3.63, 3.8) is 0 Å². The molecule has 1 aliphatic rings. The number of carbonyl (C=O) groups is 2. The van der Waals surface area contributed by atoms with E-state index in [1.165, 1.54) is 4.31 Å². The van der Waals surface area contributed by atoms with Crippen LogP contribution in [0.25, 0.3) is 0 Å². The molecule has 140 valence electrons. The minimum absolute atomic E-state index is 0.114. The molecule has 1 aliphatic heterocycles. The summed E-state index contributed by atoms with van der Waals surface area (Å²) in [7, 11) is -2.35. The van der Waals surface area contributed by atoms with Gasteiger partial charge in [0.05, 0.1) is 6.61 Å². The summed E-state index contributed by atoms with van der Waals surface area (Å²) in [6.45, 7) is 2.58. The van der Waals surface area contributed by atoms with Crippen LogP contribution >= 0.6 is 0 Å². The van der Waals surface area contributed by atoms with Gasteiger partial charge in [-0.15, -0.1) is 0 Å². The van der Waals surface area contributed by atoms with Gasteiger partial charge in [0.2, 0.25) is 16.8 Å². The highest BCUT2D eigenvalue weighted by atomic mass is 32.2. The summed E-state index contributed by atoms with van der Waals surface area (Å²) < 4.78 is 36.0. The fraction of sp³-hybridized carbons (Fsp3) is 0.600. The topological polar surface area (TPSA) is 126 Å². The quantitative estimate of drug-likeness (QED) is 0.713. The molecule has 25 heavy (non-hydrogen) atoms. The van der Waals surface area contributed by atoms with Crippen molar-refractivity contribution in [1.29, 1.82) is 0 Å². The van der Waals surface area contributed by atoms with Crippen molar-refractivity contribution in [3.05, 3.63) is 17.9 Å². The van der Waals surface area contributed by atoms with Crippen LogP contribution in [0.4, 0.5) is 0 Å². The lowest BCUT2D eigenvalue weighted by Gasteiger charge is -2.30. The molecule has 0 unspecified atom stereocenters. The Kier molecular flexibility index (Phi) is 6.20. The highest BCUT2D eigenvalue weighted by molar-refractivity contribution is 7.89. The van der Waals surface area contributed by atoms with E-state index in [9.17, 15) is 18.0 Å². The van der Waals surface area contributed by atoms with E-state index in [1.54, 1.807) is 7.11 Å². The standard InChI is InChI=1S/C15H22N2O7S/c1-10(9-23-2)16-14(18)11-5-7-17(8-6-11)25(21,22)13-4-3-12(24-13)15(19)20/h3-4,10-11H,5-9H2,1-2H3,(H,16,18)(H,19,20)/t10-/m1/s1. The number of nitrogens with zero attached hydrogens (tertiary/aromatic N) is 1. The summed E-state index contributed by atoms with van der Waals surface area (Å²) in [6.07, 6.45) is 0.772. The van der Waals surface area contributed by atoms with Gasteiger partial charge in [-0.05, 0) is 31.9 Å². The van der Waals surface area contributed by atoms with Crippen LogP contribution in [0.3, 0.4) is 0 Å². The molecule has 1 atom stereocenters. The molecule has 1 amide bonds. The van der Waals surface area contributed by atoms with Gasteiger partial charge in [-0.1, -0.05) is 0 Å². The molecule has 0 aromatic carbocycles. The van der Waals surface area contributed by atoms with Crippen LogP contribution in [-0.2, 0) is 19.6 Å². The number of carbonyl (C=O) groups excluding carboxylic acids is 1. The lowest BCUT2D eigenvalue weighted by atomic mass is 9.97. The number of sulfonamides is 1. The molecular weight excluding hydrogens is 352 g/mol. The molecule has 2 N–H and O–H groups in total. The van der Waals surface area contributed by atoms with Crippen molar-refractivity contribution in [2.24, 2.45) is 5.92 Å². The van der Waals surface area contributed by atoms with Gasteiger partial charge in [-0.2, -0.15) is 4.31 Å². The number of amides is 1. The monoisotopic (exact) mass is 374 g/mol. The first-order chi connectivity index (χ1) is 11.8. The number of hydrogen-bond donors (Lipinski definition) is 2. The third kappa shape index (κ3) is 4.59. The first-order valence-electron chi connectivity index (χ1n) is 7.88. The molecule has 1 aromatic heterocycles. The van der Waals surface area contributed by atoms with Gasteiger partial charge in [-0.3, -0.25) is 4.79 Å². The summed E-state index contributed by atoms with van der Waals surface area (Å²) in [4.78, 5) is 23.0. The summed E-state index contributed by atoms with van der Waals surface area (Å²) in [5.41, 5.74) is 0. The maximum atomic E-state index is 12.5. The van der Waals surface area contributed by atoms with E-state index in [2.05, 4.69) is 5.32 Å². The predicted molar refractivity (Wildman–Crippen MR) is 86.6 cm³/mol. The average molecular weight is 374 g/mol. The Bertz CT molecular complexity index is 720. The summed E-state index contributed by atoms with van der Waals surface area (Å²) in [5.74, 6) is -2.15. The average Bonchev–Trinajstić information content (AvgIpc) is 3.06. The second-order valence-corrected chi connectivity index (χ2v) is 7.84. The fourth-order valence-electron chi connectivity index (χ4n) is 2.71. The molecule has 1 fully saturated rings. The minimum Gasteiger partial charge on any atom is -0.475 e. The molecule has 0 spiro atoms. The zero-order chi connectivity index (χ0) is 18.6. The normalized spacial score (nSPS) is 18.0. The van der Waals surface area contributed by atoms with E-state index in [4.69, 9.17) is 14.3 Å². The summed E-state index contributed by atoms with van der Waals surface area (Å²) in [6, 6.07) is 2.12. The Morgan fingerprint density at radius 1 is 1.40 bits per heavy atom. The Labute approximate surface area is 146 Å². The molecule has 2 rings (SSSR count).